The van der Waals surface area contributed by atoms with Gasteiger partial charge in [0, 0.05) is 11.9 Å². The summed E-state index contributed by atoms with van der Waals surface area (Å²) in [5, 5.41) is 6.17. The smallest absolute Gasteiger partial charge is 0.226 e. The van der Waals surface area contributed by atoms with E-state index in [1.807, 2.05) is 25.3 Å². The monoisotopic (exact) mass is 354 g/mol. The topological polar surface area (TPSA) is 60.5 Å². The average molecular weight is 355 g/mol. The van der Waals surface area contributed by atoms with Crippen molar-refractivity contribution in [1.82, 2.24) is 10.3 Å². The number of amides is 1. The van der Waals surface area contributed by atoms with Crippen LogP contribution in [0, 0.1) is 6.92 Å². The molecule has 1 aromatic heterocycles. The second kappa shape index (κ2) is 8.17. The highest BCUT2D eigenvalue weighted by atomic mass is 35.5. The van der Waals surface area contributed by atoms with Gasteiger partial charge in [-0.1, -0.05) is 11.6 Å². The van der Waals surface area contributed by atoms with Crippen molar-refractivity contribution in [1.29, 1.82) is 0 Å². The number of benzene rings is 1. The highest BCUT2D eigenvalue weighted by molar-refractivity contribution is 7.09. The lowest BCUT2D eigenvalue weighted by Crippen LogP contribution is -2.24. The molecule has 7 heteroatoms. The van der Waals surface area contributed by atoms with E-state index in [0.29, 0.717) is 29.7 Å². The number of hydrogen-bond acceptors (Lipinski definition) is 5. The van der Waals surface area contributed by atoms with Gasteiger partial charge in [0.15, 0.2) is 11.5 Å². The Labute approximate surface area is 144 Å². The van der Waals surface area contributed by atoms with E-state index in [4.69, 9.17) is 21.1 Å². The van der Waals surface area contributed by atoms with Crippen molar-refractivity contribution in [2.45, 2.75) is 26.8 Å². The highest BCUT2D eigenvalue weighted by Crippen LogP contribution is 2.36. The minimum absolute atomic E-state index is 0.0840. The van der Waals surface area contributed by atoms with Gasteiger partial charge in [-0.15, -0.1) is 11.3 Å². The number of thiazole rings is 1. The van der Waals surface area contributed by atoms with Crippen molar-refractivity contribution in [3.05, 3.63) is 38.8 Å². The summed E-state index contributed by atoms with van der Waals surface area (Å²) in [5.74, 6) is 0.989. The van der Waals surface area contributed by atoms with Crippen LogP contribution < -0.4 is 14.8 Å². The number of aromatic nitrogens is 1. The molecule has 0 atom stereocenters. The molecule has 0 spiro atoms. The van der Waals surface area contributed by atoms with E-state index in [1.165, 1.54) is 11.3 Å². The van der Waals surface area contributed by atoms with E-state index < -0.39 is 0 Å². The molecule has 5 nitrogen and oxygen atoms in total. The first-order valence-electron chi connectivity index (χ1n) is 7.20. The van der Waals surface area contributed by atoms with E-state index in [-0.39, 0.29) is 12.3 Å². The van der Waals surface area contributed by atoms with Gasteiger partial charge in [0.25, 0.3) is 0 Å². The summed E-state index contributed by atoms with van der Waals surface area (Å²) in [6.45, 7) is 4.66. The number of rotatable bonds is 7. The fraction of sp³-hybridized carbons (Fsp3) is 0.375. The first-order valence-corrected chi connectivity index (χ1v) is 8.46. The van der Waals surface area contributed by atoms with Gasteiger partial charge in [-0.3, -0.25) is 4.79 Å². The van der Waals surface area contributed by atoms with Gasteiger partial charge < -0.3 is 14.8 Å². The molecule has 0 saturated carbocycles. The number of hydrogen-bond donors (Lipinski definition) is 1. The quantitative estimate of drug-likeness (QED) is 0.828. The average Bonchev–Trinajstić information content (AvgIpc) is 2.92. The van der Waals surface area contributed by atoms with Crippen molar-refractivity contribution in [2.75, 3.05) is 13.7 Å². The minimum Gasteiger partial charge on any atom is -0.493 e. The van der Waals surface area contributed by atoms with Gasteiger partial charge >= 0.3 is 0 Å². The molecular formula is C16H19ClN2O3S. The summed E-state index contributed by atoms with van der Waals surface area (Å²) in [6, 6.07) is 3.58. The Hall–Kier alpha value is -1.79. The fourth-order valence-corrected chi connectivity index (χ4v) is 2.98. The number of aryl methyl sites for hydroxylation is 1. The molecule has 0 saturated heterocycles. The summed E-state index contributed by atoms with van der Waals surface area (Å²) in [5.41, 5.74) is 1.63. The third kappa shape index (κ3) is 4.84. The van der Waals surface area contributed by atoms with Gasteiger partial charge in [-0.25, -0.2) is 4.98 Å². The zero-order chi connectivity index (χ0) is 16.8. The van der Waals surface area contributed by atoms with Crippen LogP contribution in [0.3, 0.4) is 0 Å². The molecule has 2 aromatic rings. The normalized spacial score (nSPS) is 10.4. The Morgan fingerprint density at radius 1 is 1.43 bits per heavy atom. The Kier molecular flexibility index (Phi) is 6.24. The Balaban J connectivity index is 1.99. The van der Waals surface area contributed by atoms with Gasteiger partial charge in [0.05, 0.1) is 35.9 Å². The Bertz CT molecular complexity index is 688. The van der Waals surface area contributed by atoms with E-state index in [1.54, 1.807) is 13.2 Å². The number of carbonyl (C=O) groups excluding carboxylic acids is 1. The van der Waals surface area contributed by atoms with Gasteiger partial charge in [0.1, 0.15) is 0 Å². The molecule has 1 amide bonds. The van der Waals surface area contributed by atoms with E-state index >= 15 is 0 Å². The maximum absolute atomic E-state index is 12.0. The van der Waals surface area contributed by atoms with Gasteiger partial charge in [-0.05, 0) is 31.5 Å². The number of nitrogens with zero attached hydrogens (tertiary/aromatic N) is 1. The first kappa shape index (κ1) is 17.6. The molecule has 1 heterocycles. The molecule has 0 aliphatic rings. The largest absolute Gasteiger partial charge is 0.493 e. The molecule has 1 N–H and O–H groups in total. The summed E-state index contributed by atoms with van der Waals surface area (Å²) in [6.07, 6.45) is 0.270. The van der Waals surface area contributed by atoms with Crippen molar-refractivity contribution in [3.8, 4) is 11.5 Å². The van der Waals surface area contributed by atoms with Gasteiger partial charge in [-0.2, -0.15) is 0 Å². The van der Waals surface area contributed by atoms with Crippen LogP contribution in [-0.2, 0) is 17.8 Å². The summed E-state index contributed by atoms with van der Waals surface area (Å²) in [7, 11) is 1.56. The van der Waals surface area contributed by atoms with Crippen LogP contribution in [0.4, 0.5) is 0 Å². The van der Waals surface area contributed by atoms with Crippen LogP contribution >= 0.6 is 22.9 Å². The summed E-state index contributed by atoms with van der Waals surface area (Å²) in [4.78, 5) is 16.2. The van der Waals surface area contributed by atoms with Crippen LogP contribution in [-0.4, -0.2) is 24.6 Å². The van der Waals surface area contributed by atoms with E-state index in [9.17, 15) is 4.79 Å². The molecule has 0 aliphatic carbocycles. The third-order valence-electron chi connectivity index (χ3n) is 3.08. The Morgan fingerprint density at radius 3 is 2.83 bits per heavy atom. The van der Waals surface area contributed by atoms with Crippen LogP contribution in [0.15, 0.2) is 17.5 Å². The second-order valence-electron chi connectivity index (χ2n) is 4.85. The fourth-order valence-electron chi connectivity index (χ4n) is 2.08. The number of methoxy groups -OCH3 is 1. The SMILES string of the molecule is CCOc1c(Cl)cc(CNC(=O)Cc2csc(C)n2)cc1OC. The number of carbonyl (C=O) groups is 1. The third-order valence-corrected chi connectivity index (χ3v) is 4.18. The first-order chi connectivity index (χ1) is 11.0. The molecule has 0 aliphatic heterocycles. The van der Waals surface area contributed by atoms with Crippen LogP contribution in [0.2, 0.25) is 5.02 Å². The van der Waals surface area contributed by atoms with Crippen molar-refractivity contribution in [3.63, 3.8) is 0 Å². The predicted molar refractivity (Wildman–Crippen MR) is 91.6 cm³/mol. The predicted octanol–water partition coefficient (Wildman–Crippen LogP) is 3.37. The lowest BCUT2D eigenvalue weighted by atomic mass is 10.2. The maximum Gasteiger partial charge on any atom is 0.226 e. The van der Waals surface area contributed by atoms with Gasteiger partial charge in [0.2, 0.25) is 5.91 Å². The molecular weight excluding hydrogens is 336 g/mol. The van der Waals surface area contributed by atoms with Crippen molar-refractivity contribution >= 4 is 28.8 Å². The van der Waals surface area contributed by atoms with E-state index in [0.717, 1.165) is 16.3 Å². The van der Waals surface area contributed by atoms with Crippen LogP contribution in [0.5, 0.6) is 11.5 Å². The second-order valence-corrected chi connectivity index (χ2v) is 6.32. The number of nitrogens with one attached hydrogen (secondary N) is 1. The molecule has 23 heavy (non-hydrogen) atoms. The van der Waals surface area contributed by atoms with Crippen LogP contribution in [0.25, 0.3) is 0 Å². The molecule has 0 unspecified atom stereocenters. The molecule has 2 rings (SSSR count). The maximum atomic E-state index is 12.0. The number of halogens is 1. The molecule has 124 valence electrons. The molecule has 1 aromatic carbocycles. The standard InChI is InChI=1S/C16H19ClN2O3S/c1-4-22-16-13(17)5-11(6-14(16)21-3)8-18-15(20)7-12-9-23-10(2)19-12/h5-6,9H,4,7-8H2,1-3H3,(H,18,20). The molecule has 0 bridgehead atoms. The number of ether oxygens (including phenoxy) is 2. The highest BCUT2D eigenvalue weighted by Gasteiger charge is 2.12. The summed E-state index contributed by atoms with van der Waals surface area (Å²) >= 11 is 7.75. The molecule has 0 radical (unpaired) electrons. The minimum atomic E-state index is -0.0840. The zero-order valence-corrected chi connectivity index (χ0v) is 14.9. The Morgan fingerprint density at radius 2 is 2.22 bits per heavy atom. The van der Waals surface area contributed by atoms with Crippen molar-refractivity contribution < 1.29 is 14.3 Å². The summed E-state index contributed by atoms with van der Waals surface area (Å²) < 4.78 is 10.8. The lowest BCUT2D eigenvalue weighted by Gasteiger charge is -2.13. The zero-order valence-electron chi connectivity index (χ0n) is 13.3. The van der Waals surface area contributed by atoms with Crippen molar-refractivity contribution in [2.24, 2.45) is 0 Å². The van der Waals surface area contributed by atoms with E-state index in [2.05, 4.69) is 10.3 Å². The lowest BCUT2D eigenvalue weighted by molar-refractivity contribution is -0.120. The molecule has 0 fully saturated rings. The van der Waals surface area contributed by atoms with Crippen LogP contribution in [0.1, 0.15) is 23.2 Å².